The van der Waals surface area contributed by atoms with Crippen molar-refractivity contribution < 1.29 is 4.79 Å². The summed E-state index contributed by atoms with van der Waals surface area (Å²) in [6, 6.07) is 4.51. The largest absolute Gasteiger partial charge is 0.348 e. The van der Waals surface area contributed by atoms with Crippen molar-refractivity contribution in [2.75, 3.05) is 13.1 Å². The van der Waals surface area contributed by atoms with Crippen LogP contribution in [0.3, 0.4) is 0 Å². The van der Waals surface area contributed by atoms with E-state index in [2.05, 4.69) is 22.1 Å². The first-order chi connectivity index (χ1) is 8.33. The zero-order valence-corrected chi connectivity index (χ0v) is 10.7. The Kier molecular flexibility index (Phi) is 2.09. The Hall–Kier alpha value is -0.910. The van der Waals surface area contributed by atoms with Gasteiger partial charge < -0.3 is 10.6 Å². The molecule has 0 bridgehead atoms. The van der Waals surface area contributed by atoms with E-state index in [4.69, 9.17) is 0 Å². The van der Waals surface area contributed by atoms with Gasteiger partial charge >= 0.3 is 0 Å². The zero-order chi connectivity index (χ0) is 11.4. The summed E-state index contributed by atoms with van der Waals surface area (Å²) in [6.07, 6.45) is 0. The van der Waals surface area contributed by atoms with E-state index in [1.807, 2.05) is 6.07 Å². The second-order valence-electron chi connectivity index (χ2n) is 4.74. The molecule has 2 fully saturated rings. The number of rotatable bonds is 2. The van der Waals surface area contributed by atoms with Crippen LogP contribution in [0.2, 0.25) is 0 Å². The molecule has 1 saturated carbocycles. The molecule has 2 aliphatic rings. The van der Waals surface area contributed by atoms with Crippen molar-refractivity contribution in [2.24, 2.45) is 11.8 Å². The predicted octanol–water partition coefficient (Wildman–Crippen LogP) is 1.91. The molecule has 2 aromatic rings. The molecule has 0 spiro atoms. The maximum absolute atomic E-state index is 12.1. The van der Waals surface area contributed by atoms with Crippen LogP contribution in [0.25, 0.3) is 9.40 Å². The highest BCUT2D eigenvalue weighted by Gasteiger charge is 2.53. The molecule has 0 aromatic carbocycles. The minimum Gasteiger partial charge on any atom is -0.348 e. The summed E-state index contributed by atoms with van der Waals surface area (Å²) in [5.74, 6) is 1.47. The first-order valence-electron chi connectivity index (χ1n) is 5.81. The Morgan fingerprint density at radius 1 is 1.35 bits per heavy atom. The van der Waals surface area contributed by atoms with Crippen molar-refractivity contribution in [3.05, 3.63) is 22.4 Å². The van der Waals surface area contributed by atoms with Gasteiger partial charge in [-0.3, -0.25) is 4.79 Å². The molecule has 5 heteroatoms. The number of fused-ring (bicyclic) bond motifs is 2. The lowest BCUT2D eigenvalue weighted by Crippen LogP contribution is -2.32. The van der Waals surface area contributed by atoms with Gasteiger partial charge in [-0.25, -0.2) is 0 Å². The zero-order valence-electron chi connectivity index (χ0n) is 9.10. The highest BCUT2D eigenvalue weighted by molar-refractivity contribution is 7.27. The van der Waals surface area contributed by atoms with Crippen LogP contribution in [0.5, 0.6) is 0 Å². The molecule has 2 unspecified atom stereocenters. The van der Waals surface area contributed by atoms with E-state index in [9.17, 15) is 4.79 Å². The molecule has 1 aliphatic heterocycles. The summed E-state index contributed by atoms with van der Waals surface area (Å²) in [4.78, 5) is 12.9. The fraction of sp³-hybridized carbons (Fsp3) is 0.417. The maximum atomic E-state index is 12.1. The molecule has 3 heterocycles. The van der Waals surface area contributed by atoms with E-state index in [0.29, 0.717) is 17.9 Å². The molecule has 88 valence electrons. The summed E-state index contributed by atoms with van der Waals surface area (Å²) in [5, 5.41) is 8.56. The topological polar surface area (TPSA) is 41.1 Å². The van der Waals surface area contributed by atoms with Crippen molar-refractivity contribution >= 4 is 38.0 Å². The highest BCUT2D eigenvalue weighted by Crippen LogP contribution is 2.42. The second-order valence-corrected chi connectivity index (χ2v) is 6.78. The summed E-state index contributed by atoms with van der Waals surface area (Å²) >= 11 is 3.29. The lowest BCUT2D eigenvalue weighted by molar-refractivity contribution is 0.0951. The van der Waals surface area contributed by atoms with Crippen molar-refractivity contribution in [1.29, 1.82) is 0 Å². The van der Waals surface area contributed by atoms with Crippen LogP contribution in [-0.4, -0.2) is 25.0 Å². The molecule has 4 rings (SSSR count). The van der Waals surface area contributed by atoms with E-state index < -0.39 is 0 Å². The van der Waals surface area contributed by atoms with Crippen molar-refractivity contribution in [1.82, 2.24) is 10.6 Å². The molecule has 2 N–H and O–H groups in total. The third-order valence-electron chi connectivity index (χ3n) is 3.75. The van der Waals surface area contributed by atoms with E-state index >= 15 is 0 Å². The van der Waals surface area contributed by atoms with Gasteiger partial charge in [-0.15, -0.1) is 22.7 Å². The third-order valence-corrected chi connectivity index (χ3v) is 5.84. The number of hydrogen-bond donors (Lipinski definition) is 2. The SMILES string of the molecule is O=C(NC1C2CNCC21)c1cc2sccc2s1. The number of carbonyl (C=O) groups excluding carboxylic acids is 1. The van der Waals surface area contributed by atoms with E-state index in [1.54, 1.807) is 22.7 Å². The Labute approximate surface area is 107 Å². The van der Waals surface area contributed by atoms with Crippen LogP contribution in [0.4, 0.5) is 0 Å². The molecule has 2 atom stereocenters. The quantitative estimate of drug-likeness (QED) is 0.870. The molecule has 1 saturated heterocycles. The van der Waals surface area contributed by atoms with Crippen molar-refractivity contribution in [2.45, 2.75) is 6.04 Å². The molecule has 3 nitrogen and oxygen atoms in total. The van der Waals surface area contributed by atoms with Crippen LogP contribution in [-0.2, 0) is 0 Å². The summed E-state index contributed by atoms with van der Waals surface area (Å²) in [7, 11) is 0. The fourth-order valence-corrected chi connectivity index (χ4v) is 4.74. The van der Waals surface area contributed by atoms with Gasteiger partial charge in [0.1, 0.15) is 0 Å². The molecule has 17 heavy (non-hydrogen) atoms. The number of amides is 1. The Morgan fingerprint density at radius 3 is 2.94 bits per heavy atom. The first kappa shape index (κ1) is 10.1. The van der Waals surface area contributed by atoms with Gasteiger partial charge in [-0.1, -0.05) is 0 Å². The van der Waals surface area contributed by atoms with E-state index in [-0.39, 0.29) is 5.91 Å². The van der Waals surface area contributed by atoms with Gasteiger partial charge in [0.15, 0.2) is 0 Å². The molecule has 1 amide bonds. The van der Waals surface area contributed by atoms with Crippen molar-refractivity contribution in [3.8, 4) is 0 Å². The average molecular weight is 264 g/mol. The first-order valence-corrected chi connectivity index (χ1v) is 7.51. The average Bonchev–Trinajstić information content (AvgIpc) is 2.81. The van der Waals surface area contributed by atoms with Gasteiger partial charge in [-0.2, -0.15) is 0 Å². The Balaban J connectivity index is 1.51. The minimum absolute atomic E-state index is 0.109. The smallest absolute Gasteiger partial charge is 0.261 e. The lowest BCUT2D eigenvalue weighted by atomic mass is 10.4. The number of nitrogens with one attached hydrogen (secondary N) is 2. The van der Waals surface area contributed by atoms with Crippen LogP contribution >= 0.6 is 22.7 Å². The van der Waals surface area contributed by atoms with E-state index in [0.717, 1.165) is 18.0 Å². The van der Waals surface area contributed by atoms with E-state index in [1.165, 1.54) is 9.40 Å². The summed E-state index contributed by atoms with van der Waals surface area (Å²) in [6.45, 7) is 2.13. The van der Waals surface area contributed by atoms with Crippen molar-refractivity contribution in [3.63, 3.8) is 0 Å². The minimum atomic E-state index is 0.109. The second kappa shape index (κ2) is 3.54. The molecular formula is C12H12N2OS2. The summed E-state index contributed by atoms with van der Waals surface area (Å²) < 4.78 is 2.44. The van der Waals surface area contributed by atoms with Crippen LogP contribution in [0, 0.1) is 11.8 Å². The fourth-order valence-electron chi connectivity index (χ4n) is 2.73. The third kappa shape index (κ3) is 1.53. The lowest BCUT2D eigenvalue weighted by Gasteiger charge is -2.05. The number of carbonyl (C=O) groups is 1. The normalized spacial score (nSPS) is 30.5. The number of hydrogen-bond acceptors (Lipinski definition) is 4. The molecule has 1 aliphatic carbocycles. The van der Waals surface area contributed by atoms with Gasteiger partial charge in [0.25, 0.3) is 5.91 Å². The maximum Gasteiger partial charge on any atom is 0.261 e. The highest BCUT2D eigenvalue weighted by atomic mass is 32.1. The number of piperidine rings is 1. The van der Waals surface area contributed by atoms with Gasteiger partial charge in [0.05, 0.1) is 4.88 Å². The van der Waals surface area contributed by atoms with Gasteiger partial charge in [-0.05, 0) is 29.3 Å². The van der Waals surface area contributed by atoms with Crippen LogP contribution in [0.1, 0.15) is 9.67 Å². The number of thiophene rings is 2. The standard InChI is InChI=1S/C12H12N2OS2/c15-12(14-11-6-4-13-5-7(6)11)10-3-9-8(17-10)1-2-16-9/h1-3,6-7,11,13H,4-5H2,(H,14,15). The Bertz CT molecular complexity index is 550. The molecule has 2 aromatic heterocycles. The predicted molar refractivity (Wildman–Crippen MR) is 70.8 cm³/mol. The van der Waals surface area contributed by atoms with Gasteiger partial charge in [0, 0.05) is 28.5 Å². The molecule has 0 radical (unpaired) electrons. The molecular weight excluding hydrogens is 252 g/mol. The Morgan fingerprint density at radius 2 is 2.18 bits per heavy atom. The van der Waals surface area contributed by atoms with Crippen LogP contribution < -0.4 is 10.6 Å². The van der Waals surface area contributed by atoms with Crippen LogP contribution in [0.15, 0.2) is 17.5 Å². The van der Waals surface area contributed by atoms with Gasteiger partial charge in [0.2, 0.25) is 0 Å². The summed E-state index contributed by atoms with van der Waals surface area (Å²) in [5.41, 5.74) is 0. The monoisotopic (exact) mass is 264 g/mol.